The van der Waals surface area contributed by atoms with E-state index in [-0.39, 0.29) is 17.1 Å². The largest absolute Gasteiger partial charge is 0.452 e. The van der Waals surface area contributed by atoms with E-state index in [4.69, 9.17) is 9.15 Å². The molecule has 0 saturated heterocycles. The number of hydrogen-bond donors (Lipinski definition) is 0. The Morgan fingerprint density at radius 1 is 1.00 bits per heavy atom. The zero-order chi connectivity index (χ0) is 19.7. The number of pyridine rings is 1. The number of nitrogens with zero attached hydrogens (tertiary/aromatic N) is 1. The average molecular weight is 371 g/mol. The van der Waals surface area contributed by atoms with Gasteiger partial charge in [0.15, 0.2) is 5.76 Å². The number of ether oxygens (including phenoxy) is 1. The molecule has 4 rings (SSSR count). The number of benzene rings is 2. The Morgan fingerprint density at radius 2 is 1.75 bits per heavy atom. The minimum absolute atomic E-state index is 0.129. The highest BCUT2D eigenvalue weighted by molar-refractivity contribution is 5.92. The molecule has 2 aromatic carbocycles. The van der Waals surface area contributed by atoms with Gasteiger partial charge in [-0.3, -0.25) is 9.78 Å². The number of carbonyl (C=O) groups excluding carboxylic acids is 1. The number of hydrogen-bond acceptors (Lipinski definition) is 5. The SMILES string of the molecule is Cc1ccc(-c2oc3ccc(C)cc3c(=O)c2OC(=O)c2cccnc2)cc1. The Morgan fingerprint density at radius 3 is 2.46 bits per heavy atom. The summed E-state index contributed by atoms with van der Waals surface area (Å²) in [6.07, 6.45) is 2.95. The van der Waals surface area contributed by atoms with Crippen LogP contribution in [0.2, 0.25) is 0 Å². The molecule has 138 valence electrons. The number of aromatic nitrogens is 1. The van der Waals surface area contributed by atoms with Crippen LogP contribution in [-0.4, -0.2) is 11.0 Å². The summed E-state index contributed by atoms with van der Waals surface area (Å²) in [5.41, 5.74) is 2.93. The molecule has 0 N–H and O–H groups in total. The minimum atomic E-state index is -0.666. The second-order valence-electron chi connectivity index (χ2n) is 6.59. The number of aryl methyl sites for hydroxylation is 2. The van der Waals surface area contributed by atoms with Gasteiger partial charge in [0.05, 0.1) is 10.9 Å². The van der Waals surface area contributed by atoms with Crippen molar-refractivity contribution in [1.29, 1.82) is 0 Å². The molecule has 0 saturated carbocycles. The van der Waals surface area contributed by atoms with E-state index < -0.39 is 11.4 Å². The van der Waals surface area contributed by atoms with Crippen LogP contribution in [0.3, 0.4) is 0 Å². The van der Waals surface area contributed by atoms with E-state index in [2.05, 4.69) is 4.98 Å². The van der Waals surface area contributed by atoms with E-state index in [1.54, 1.807) is 30.5 Å². The lowest BCUT2D eigenvalue weighted by atomic mass is 10.1. The zero-order valence-electron chi connectivity index (χ0n) is 15.4. The summed E-state index contributed by atoms with van der Waals surface area (Å²) >= 11 is 0. The molecular weight excluding hydrogens is 354 g/mol. The number of fused-ring (bicyclic) bond motifs is 1. The van der Waals surface area contributed by atoms with Crippen molar-refractivity contribution in [1.82, 2.24) is 4.98 Å². The molecule has 0 atom stereocenters. The first-order valence-electron chi connectivity index (χ1n) is 8.79. The summed E-state index contributed by atoms with van der Waals surface area (Å²) < 4.78 is 11.5. The third kappa shape index (κ3) is 3.30. The number of esters is 1. The molecule has 0 aliphatic carbocycles. The van der Waals surface area contributed by atoms with Gasteiger partial charge in [-0.1, -0.05) is 41.5 Å². The van der Waals surface area contributed by atoms with Crippen molar-refractivity contribution < 1.29 is 13.9 Å². The molecule has 0 aliphatic heterocycles. The second kappa shape index (κ2) is 7.12. The van der Waals surface area contributed by atoms with Gasteiger partial charge in [0.1, 0.15) is 5.58 Å². The molecule has 0 amide bonds. The monoisotopic (exact) mass is 371 g/mol. The van der Waals surface area contributed by atoms with E-state index in [0.717, 1.165) is 11.1 Å². The summed E-state index contributed by atoms with van der Waals surface area (Å²) in [7, 11) is 0. The zero-order valence-corrected chi connectivity index (χ0v) is 15.4. The van der Waals surface area contributed by atoms with Crippen LogP contribution in [0, 0.1) is 13.8 Å². The molecule has 0 aliphatic rings. The Hall–Kier alpha value is -3.73. The molecule has 0 spiro atoms. The van der Waals surface area contributed by atoms with E-state index in [9.17, 15) is 9.59 Å². The highest BCUT2D eigenvalue weighted by Gasteiger charge is 2.21. The maximum absolute atomic E-state index is 13.2. The number of rotatable bonds is 3. The summed E-state index contributed by atoms with van der Waals surface area (Å²) in [6.45, 7) is 3.85. The topological polar surface area (TPSA) is 69.4 Å². The van der Waals surface area contributed by atoms with Gasteiger partial charge in [0.2, 0.25) is 11.2 Å². The van der Waals surface area contributed by atoms with Crippen molar-refractivity contribution >= 4 is 16.9 Å². The summed E-state index contributed by atoms with van der Waals surface area (Å²) in [6, 6.07) is 16.0. The molecule has 5 nitrogen and oxygen atoms in total. The lowest BCUT2D eigenvalue weighted by Crippen LogP contribution is -2.16. The maximum atomic E-state index is 13.2. The molecule has 28 heavy (non-hydrogen) atoms. The molecule has 5 heteroatoms. The van der Waals surface area contributed by atoms with Gasteiger partial charge in [-0.2, -0.15) is 0 Å². The smallest absolute Gasteiger partial charge is 0.345 e. The molecule has 4 aromatic rings. The van der Waals surface area contributed by atoms with Crippen LogP contribution in [0.4, 0.5) is 0 Å². The van der Waals surface area contributed by atoms with E-state index >= 15 is 0 Å². The fourth-order valence-electron chi connectivity index (χ4n) is 2.91. The van der Waals surface area contributed by atoms with Crippen LogP contribution in [0.25, 0.3) is 22.3 Å². The fraction of sp³-hybridized carbons (Fsp3) is 0.0870. The lowest BCUT2D eigenvalue weighted by Gasteiger charge is -2.11. The van der Waals surface area contributed by atoms with Gasteiger partial charge in [-0.05, 0) is 38.1 Å². The predicted octanol–water partition coefficient (Wildman–Crippen LogP) is 4.69. The highest BCUT2D eigenvalue weighted by atomic mass is 16.5. The van der Waals surface area contributed by atoms with Crippen LogP contribution in [-0.2, 0) is 0 Å². The normalized spacial score (nSPS) is 10.8. The summed E-state index contributed by atoms with van der Waals surface area (Å²) in [4.78, 5) is 29.6. The third-order valence-corrected chi connectivity index (χ3v) is 4.41. The van der Waals surface area contributed by atoms with Crippen molar-refractivity contribution in [3.8, 4) is 17.1 Å². The first kappa shape index (κ1) is 17.7. The van der Waals surface area contributed by atoms with Gasteiger partial charge in [0.25, 0.3) is 0 Å². The molecular formula is C23H17NO4. The predicted molar refractivity (Wildman–Crippen MR) is 107 cm³/mol. The van der Waals surface area contributed by atoms with Crippen molar-refractivity contribution in [2.45, 2.75) is 13.8 Å². The van der Waals surface area contributed by atoms with E-state index in [0.29, 0.717) is 16.5 Å². The molecule has 0 fully saturated rings. The van der Waals surface area contributed by atoms with Crippen LogP contribution < -0.4 is 10.2 Å². The molecule has 2 aromatic heterocycles. The molecule has 0 radical (unpaired) electrons. The van der Waals surface area contributed by atoms with Gasteiger partial charge < -0.3 is 9.15 Å². The number of carbonyl (C=O) groups is 1. The van der Waals surface area contributed by atoms with Crippen molar-refractivity contribution in [3.63, 3.8) is 0 Å². The standard InChI is InChI=1S/C23H17NO4/c1-14-5-8-16(9-6-14)21-22(28-23(26)17-4-3-11-24-13-17)20(25)18-12-15(2)7-10-19(18)27-21/h3-13H,1-2H3. The van der Waals surface area contributed by atoms with Crippen molar-refractivity contribution in [3.05, 3.63) is 93.9 Å². The van der Waals surface area contributed by atoms with Gasteiger partial charge in [-0.15, -0.1) is 0 Å². The third-order valence-electron chi connectivity index (χ3n) is 4.41. The van der Waals surface area contributed by atoms with Crippen molar-refractivity contribution in [2.75, 3.05) is 0 Å². The van der Waals surface area contributed by atoms with Crippen LogP contribution >= 0.6 is 0 Å². The lowest BCUT2D eigenvalue weighted by molar-refractivity contribution is 0.0731. The molecule has 2 heterocycles. The van der Waals surface area contributed by atoms with E-state index in [1.165, 1.54) is 6.20 Å². The van der Waals surface area contributed by atoms with Gasteiger partial charge in [-0.25, -0.2) is 4.79 Å². The van der Waals surface area contributed by atoms with Gasteiger partial charge in [0, 0.05) is 18.0 Å². The Labute approximate surface area is 161 Å². The van der Waals surface area contributed by atoms with Crippen molar-refractivity contribution in [2.24, 2.45) is 0 Å². The Bertz CT molecular complexity index is 1230. The quantitative estimate of drug-likeness (QED) is 0.489. The van der Waals surface area contributed by atoms with Crippen LogP contribution in [0.1, 0.15) is 21.5 Å². The highest BCUT2D eigenvalue weighted by Crippen LogP contribution is 2.31. The van der Waals surface area contributed by atoms with Crippen LogP contribution in [0.15, 0.2) is 76.2 Å². The maximum Gasteiger partial charge on any atom is 0.345 e. The molecule has 0 unspecified atom stereocenters. The first-order valence-corrected chi connectivity index (χ1v) is 8.79. The first-order chi connectivity index (χ1) is 13.5. The fourth-order valence-corrected chi connectivity index (χ4v) is 2.91. The van der Waals surface area contributed by atoms with E-state index in [1.807, 2.05) is 44.2 Å². The second-order valence-corrected chi connectivity index (χ2v) is 6.59. The minimum Gasteiger partial charge on any atom is -0.452 e. The Kier molecular flexibility index (Phi) is 4.49. The van der Waals surface area contributed by atoms with Gasteiger partial charge >= 0.3 is 5.97 Å². The molecule has 0 bridgehead atoms. The summed E-state index contributed by atoms with van der Waals surface area (Å²) in [5.74, 6) is -0.574. The Balaban J connectivity index is 1.92. The summed E-state index contributed by atoms with van der Waals surface area (Å²) in [5, 5.41) is 0.366. The average Bonchev–Trinajstić information content (AvgIpc) is 2.71. The van der Waals surface area contributed by atoms with Crippen LogP contribution in [0.5, 0.6) is 5.75 Å².